The lowest BCUT2D eigenvalue weighted by atomic mass is 10.0. The quantitative estimate of drug-likeness (QED) is 0.342. The number of hydrogen-bond acceptors (Lipinski definition) is 8. The van der Waals surface area contributed by atoms with Gasteiger partial charge >= 0.3 is 0 Å². The van der Waals surface area contributed by atoms with Crippen LogP contribution < -0.4 is 21.3 Å². The number of nitrogen functional groups attached to an aromatic ring is 1. The lowest BCUT2D eigenvalue weighted by Crippen LogP contribution is -2.39. The predicted octanol–water partition coefficient (Wildman–Crippen LogP) is 0.812. The summed E-state index contributed by atoms with van der Waals surface area (Å²) in [5, 5.41) is 25.8. The molecule has 3 amide bonds. The number of aliphatic hydroxyl groups is 2. The lowest BCUT2D eigenvalue weighted by molar-refractivity contribution is -0.129. The van der Waals surface area contributed by atoms with Crippen molar-refractivity contribution in [3.63, 3.8) is 0 Å². The Morgan fingerprint density at radius 2 is 2.00 bits per heavy atom. The normalized spacial score (nSPS) is 13.6. The summed E-state index contributed by atoms with van der Waals surface area (Å²) in [7, 11) is 0. The van der Waals surface area contributed by atoms with Gasteiger partial charge in [-0.3, -0.25) is 14.4 Å². The fraction of sp³-hybridized carbons (Fsp3) is 0.261. The molecule has 0 spiro atoms. The zero-order valence-electron chi connectivity index (χ0n) is 18.2. The van der Waals surface area contributed by atoms with Crippen molar-refractivity contribution in [3.8, 4) is 0 Å². The van der Waals surface area contributed by atoms with Crippen LogP contribution in [0.4, 0.5) is 22.9 Å². The Balaban J connectivity index is 1.45. The minimum absolute atomic E-state index is 0.0360. The van der Waals surface area contributed by atoms with Crippen LogP contribution in [0.3, 0.4) is 0 Å². The average Bonchev–Trinajstić information content (AvgIpc) is 2.82. The van der Waals surface area contributed by atoms with Gasteiger partial charge in [0, 0.05) is 35.4 Å². The summed E-state index contributed by atoms with van der Waals surface area (Å²) in [4.78, 5) is 46.4. The van der Waals surface area contributed by atoms with E-state index in [1.165, 1.54) is 11.2 Å². The molecule has 34 heavy (non-hydrogen) atoms. The number of anilines is 4. The van der Waals surface area contributed by atoms with E-state index in [4.69, 9.17) is 5.73 Å². The minimum atomic E-state index is -1.63. The summed E-state index contributed by atoms with van der Waals surface area (Å²) in [6.45, 7) is -0.356. The summed E-state index contributed by atoms with van der Waals surface area (Å²) in [6.07, 6.45) is 0.167. The molecule has 0 radical (unpaired) electrons. The van der Waals surface area contributed by atoms with E-state index in [9.17, 15) is 24.6 Å². The molecule has 11 nitrogen and oxygen atoms in total. The van der Waals surface area contributed by atoms with Crippen LogP contribution in [-0.2, 0) is 20.8 Å². The number of carbonyl (C=O) groups is 3. The van der Waals surface area contributed by atoms with Crippen molar-refractivity contribution in [3.05, 3.63) is 48.3 Å². The molecule has 3 aromatic rings. The Hall–Kier alpha value is -4.09. The van der Waals surface area contributed by atoms with Crippen LogP contribution in [-0.4, -0.2) is 57.2 Å². The smallest absolute Gasteiger partial charge is 0.253 e. The number of hydrogen-bond donors (Lipinski definition) is 5. The first kappa shape index (κ1) is 23.1. The van der Waals surface area contributed by atoms with Gasteiger partial charge in [-0.25, -0.2) is 9.97 Å². The molecule has 11 heteroatoms. The van der Waals surface area contributed by atoms with Gasteiger partial charge in [-0.15, -0.1) is 0 Å². The number of aryl methyl sites for hydroxylation is 1. The van der Waals surface area contributed by atoms with Crippen molar-refractivity contribution in [1.29, 1.82) is 0 Å². The minimum Gasteiger partial charge on any atom is -0.395 e. The number of carbonyl (C=O) groups excluding carboxylic acids is 3. The van der Waals surface area contributed by atoms with Crippen molar-refractivity contribution in [2.45, 2.75) is 25.4 Å². The third-order valence-corrected chi connectivity index (χ3v) is 5.53. The number of fused-ring (bicyclic) bond motifs is 2. The third-order valence-electron chi connectivity index (χ3n) is 5.53. The van der Waals surface area contributed by atoms with E-state index in [1.807, 2.05) is 0 Å². The van der Waals surface area contributed by atoms with Gasteiger partial charge in [0.15, 0.2) is 0 Å². The SMILES string of the molecule is Nc1ncnc2cc(NC(=O)[C@H](O)CC(=O)N(CCO)c3ccc4c(c3)NC(=O)CC4)ccc12. The summed E-state index contributed by atoms with van der Waals surface area (Å²) in [5.74, 6) is -1.13. The molecule has 0 saturated carbocycles. The molecule has 0 saturated heterocycles. The molecule has 0 fully saturated rings. The number of amides is 3. The van der Waals surface area contributed by atoms with E-state index < -0.39 is 24.3 Å². The molecule has 1 aromatic heterocycles. The maximum absolute atomic E-state index is 12.9. The van der Waals surface area contributed by atoms with E-state index in [0.717, 1.165) is 5.56 Å². The number of aromatic nitrogens is 2. The first-order valence-corrected chi connectivity index (χ1v) is 10.7. The molecule has 2 heterocycles. The highest BCUT2D eigenvalue weighted by molar-refractivity contribution is 6.02. The maximum Gasteiger partial charge on any atom is 0.253 e. The number of aliphatic hydroxyl groups excluding tert-OH is 2. The van der Waals surface area contributed by atoms with Gasteiger partial charge in [-0.05, 0) is 42.3 Å². The zero-order valence-corrected chi connectivity index (χ0v) is 18.2. The summed E-state index contributed by atoms with van der Waals surface area (Å²) >= 11 is 0. The van der Waals surface area contributed by atoms with Crippen LogP contribution >= 0.6 is 0 Å². The number of rotatable bonds is 7. The van der Waals surface area contributed by atoms with Crippen molar-refractivity contribution in [2.75, 3.05) is 34.4 Å². The van der Waals surface area contributed by atoms with E-state index in [-0.39, 0.29) is 19.1 Å². The molecule has 0 bridgehead atoms. The van der Waals surface area contributed by atoms with Crippen molar-refractivity contribution < 1.29 is 24.6 Å². The monoisotopic (exact) mass is 464 g/mol. The third kappa shape index (κ3) is 4.95. The van der Waals surface area contributed by atoms with E-state index in [0.29, 0.717) is 46.6 Å². The van der Waals surface area contributed by atoms with Crippen LogP contribution in [0.5, 0.6) is 0 Å². The van der Waals surface area contributed by atoms with Gasteiger partial charge in [0.1, 0.15) is 18.2 Å². The molecule has 1 atom stereocenters. The standard InChI is InChI=1S/C23H24N6O5/c24-22-16-5-3-14(9-18(16)25-12-26-22)27-23(34)19(31)11-21(33)29(7-8-30)15-4-1-13-2-6-20(32)28-17(13)10-15/h1,3-5,9-10,12,19,30-31H,2,6-8,11H2,(H,27,34)(H,28,32)(H2,24,25,26)/t19-/m1/s1. The van der Waals surface area contributed by atoms with E-state index >= 15 is 0 Å². The van der Waals surface area contributed by atoms with Gasteiger partial charge < -0.3 is 31.5 Å². The Bertz CT molecular complexity index is 1260. The predicted molar refractivity (Wildman–Crippen MR) is 126 cm³/mol. The van der Waals surface area contributed by atoms with E-state index in [1.54, 1.807) is 36.4 Å². The molecular weight excluding hydrogens is 440 g/mol. The average molecular weight is 464 g/mol. The van der Waals surface area contributed by atoms with Crippen LogP contribution in [0.25, 0.3) is 10.9 Å². The number of nitrogens with two attached hydrogens (primary N) is 1. The molecule has 0 unspecified atom stereocenters. The second-order valence-electron chi connectivity index (χ2n) is 7.86. The topological polar surface area (TPSA) is 171 Å². The molecule has 1 aliphatic rings. The second kappa shape index (κ2) is 9.81. The summed E-state index contributed by atoms with van der Waals surface area (Å²) < 4.78 is 0. The van der Waals surface area contributed by atoms with Gasteiger partial charge in [0.2, 0.25) is 11.8 Å². The van der Waals surface area contributed by atoms with Gasteiger partial charge in [0.25, 0.3) is 5.91 Å². The van der Waals surface area contributed by atoms with Crippen molar-refractivity contribution >= 4 is 51.5 Å². The molecule has 0 aliphatic carbocycles. The number of benzene rings is 2. The Morgan fingerprint density at radius 3 is 2.79 bits per heavy atom. The number of nitrogens with zero attached hydrogens (tertiary/aromatic N) is 3. The molecule has 2 aromatic carbocycles. The van der Waals surface area contributed by atoms with Crippen LogP contribution in [0.2, 0.25) is 0 Å². The van der Waals surface area contributed by atoms with E-state index in [2.05, 4.69) is 20.6 Å². The largest absolute Gasteiger partial charge is 0.395 e. The Labute approximate surface area is 194 Å². The van der Waals surface area contributed by atoms with Crippen LogP contribution in [0.15, 0.2) is 42.7 Å². The van der Waals surface area contributed by atoms with Crippen molar-refractivity contribution in [1.82, 2.24) is 9.97 Å². The summed E-state index contributed by atoms with van der Waals surface area (Å²) in [5.41, 5.74) is 8.68. The number of nitrogens with one attached hydrogen (secondary N) is 2. The van der Waals surface area contributed by atoms with Gasteiger partial charge in [-0.1, -0.05) is 6.07 Å². The highest BCUT2D eigenvalue weighted by atomic mass is 16.3. The molecule has 176 valence electrons. The first-order chi connectivity index (χ1) is 16.4. The molecule has 4 rings (SSSR count). The summed E-state index contributed by atoms with van der Waals surface area (Å²) in [6, 6.07) is 9.98. The van der Waals surface area contributed by atoms with Crippen molar-refractivity contribution in [2.24, 2.45) is 0 Å². The lowest BCUT2D eigenvalue weighted by Gasteiger charge is -2.25. The fourth-order valence-electron chi connectivity index (χ4n) is 3.77. The van der Waals surface area contributed by atoms with Crippen LogP contribution in [0, 0.1) is 0 Å². The van der Waals surface area contributed by atoms with Gasteiger partial charge in [0.05, 0.1) is 18.5 Å². The maximum atomic E-state index is 12.9. The highest BCUT2D eigenvalue weighted by Crippen LogP contribution is 2.28. The Kier molecular flexibility index (Phi) is 6.66. The zero-order chi connectivity index (χ0) is 24.2. The molecular formula is C23H24N6O5. The molecule has 6 N–H and O–H groups in total. The molecule has 1 aliphatic heterocycles. The van der Waals surface area contributed by atoms with Crippen LogP contribution in [0.1, 0.15) is 18.4 Å². The Morgan fingerprint density at radius 1 is 1.18 bits per heavy atom. The van der Waals surface area contributed by atoms with Gasteiger partial charge in [-0.2, -0.15) is 0 Å². The highest BCUT2D eigenvalue weighted by Gasteiger charge is 2.25. The fourth-order valence-corrected chi connectivity index (χ4v) is 3.77. The first-order valence-electron chi connectivity index (χ1n) is 10.7. The second-order valence-corrected chi connectivity index (χ2v) is 7.86.